The number of aliphatic hydroxyl groups is 1. The molecule has 1 rings (SSSR count). The fourth-order valence-corrected chi connectivity index (χ4v) is 1.74. The molecule has 3 N–H and O–H groups in total. The summed E-state index contributed by atoms with van der Waals surface area (Å²) in [5, 5.41) is 21.3. The van der Waals surface area contributed by atoms with Crippen LogP contribution in [0.1, 0.15) is 20.8 Å². The van der Waals surface area contributed by atoms with E-state index in [2.05, 4.69) is 26.1 Å². The van der Waals surface area contributed by atoms with Gasteiger partial charge in [-0.1, -0.05) is 20.8 Å². The first kappa shape index (κ1) is 12.3. The molecule has 0 aliphatic carbocycles. The second kappa shape index (κ2) is 4.37. The summed E-state index contributed by atoms with van der Waals surface area (Å²) >= 11 is 0. The highest BCUT2D eigenvalue weighted by atomic mass is 16.4. The largest absolute Gasteiger partial charge is 0.465 e. The Morgan fingerprint density at radius 1 is 1.47 bits per heavy atom. The summed E-state index contributed by atoms with van der Waals surface area (Å²) in [6.07, 6.45) is -0.913. The average molecular weight is 216 g/mol. The predicted octanol–water partition coefficient (Wildman–Crippen LogP) is 0.345. The highest BCUT2D eigenvalue weighted by Gasteiger charge is 2.35. The number of piperazine rings is 1. The van der Waals surface area contributed by atoms with Crippen LogP contribution >= 0.6 is 0 Å². The Hall–Kier alpha value is -0.810. The number of nitrogens with zero attached hydrogens (tertiary/aromatic N) is 1. The first-order chi connectivity index (χ1) is 6.84. The van der Waals surface area contributed by atoms with Crippen molar-refractivity contribution in [3.05, 3.63) is 0 Å². The lowest BCUT2D eigenvalue weighted by molar-refractivity contribution is 0.0719. The molecule has 2 unspecified atom stereocenters. The molecule has 0 saturated carbocycles. The van der Waals surface area contributed by atoms with Crippen molar-refractivity contribution in [2.45, 2.75) is 32.9 Å². The van der Waals surface area contributed by atoms with Crippen LogP contribution in [0.25, 0.3) is 0 Å². The second-order valence-corrected chi connectivity index (χ2v) is 5.15. The van der Waals surface area contributed by atoms with Crippen molar-refractivity contribution in [2.24, 2.45) is 5.41 Å². The van der Waals surface area contributed by atoms with Crippen molar-refractivity contribution >= 4 is 6.09 Å². The molecule has 1 aliphatic rings. The molecule has 1 amide bonds. The molecule has 0 radical (unpaired) electrons. The molecule has 0 bridgehead atoms. The maximum absolute atomic E-state index is 10.9. The van der Waals surface area contributed by atoms with Gasteiger partial charge in [-0.05, 0) is 5.41 Å². The van der Waals surface area contributed by atoms with E-state index in [1.165, 1.54) is 4.90 Å². The van der Waals surface area contributed by atoms with Gasteiger partial charge >= 0.3 is 6.09 Å². The van der Waals surface area contributed by atoms with Gasteiger partial charge in [-0.25, -0.2) is 4.79 Å². The normalized spacial score (nSPS) is 27.9. The minimum absolute atomic E-state index is 0.0124. The lowest BCUT2D eigenvalue weighted by atomic mass is 9.84. The zero-order valence-corrected chi connectivity index (χ0v) is 9.53. The molecular weight excluding hydrogens is 196 g/mol. The third-order valence-electron chi connectivity index (χ3n) is 2.82. The smallest absolute Gasteiger partial charge is 0.407 e. The molecule has 1 saturated heterocycles. The van der Waals surface area contributed by atoms with E-state index in [0.29, 0.717) is 13.1 Å². The predicted molar refractivity (Wildman–Crippen MR) is 56.9 cm³/mol. The zero-order chi connectivity index (χ0) is 11.6. The summed E-state index contributed by atoms with van der Waals surface area (Å²) in [5.41, 5.74) is -0.0124. The molecular formula is C10H20N2O3. The molecule has 1 fully saturated rings. The van der Waals surface area contributed by atoms with Gasteiger partial charge in [0.1, 0.15) is 0 Å². The van der Waals surface area contributed by atoms with Crippen molar-refractivity contribution in [3.63, 3.8) is 0 Å². The third kappa shape index (κ3) is 3.07. The highest BCUT2D eigenvalue weighted by molar-refractivity contribution is 5.65. The standard InChI is InChI=1S/C10H20N2O3/c1-10(2,3)8-5-12(9(14)15)4-7(6-13)11-8/h7-8,11,13H,4-6H2,1-3H3,(H,14,15). The Kier molecular flexibility index (Phi) is 3.57. The van der Waals surface area contributed by atoms with Crippen LogP contribution in [0, 0.1) is 5.41 Å². The Bertz CT molecular complexity index is 237. The summed E-state index contributed by atoms with van der Waals surface area (Å²) in [6, 6.07) is -0.0708. The van der Waals surface area contributed by atoms with Gasteiger partial charge < -0.3 is 20.4 Å². The van der Waals surface area contributed by atoms with E-state index in [9.17, 15) is 4.79 Å². The Morgan fingerprint density at radius 2 is 2.07 bits per heavy atom. The molecule has 1 heterocycles. The van der Waals surface area contributed by atoms with Crippen LogP contribution in [0.4, 0.5) is 4.79 Å². The topological polar surface area (TPSA) is 72.8 Å². The number of carboxylic acid groups (broad SMARTS) is 1. The van der Waals surface area contributed by atoms with Crippen LogP contribution in [0.5, 0.6) is 0 Å². The van der Waals surface area contributed by atoms with Gasteiger partial charge in [-0.3, -0.25) is 0 Å². The van der Waals surface area contributed by atoms with E-state index in [1.54, 1.807) is 0 Å². The van der Waals surface area contributed by atoms with Crippen molar-refractivity contribution in [1.29, 1.82) is 0 Å². The van der Waals surface area contributed by atoms with Crippen molar-refractivity contribution in [2.75, 3.05) is 19.7 Å². The summed E-state index contributed by atoms with van der Waals surface area (Å²) in [6.45, 7) is 6.99. The van der Waals surface area contributed by atoms with Crippen molar-refractivity contribution in [3.8, 4) is 0 Å². The van der Waals surface area contributed by atoms with Crippen LogP contribution in [0.2, 0.25) is 0 Å². The minimum Gasteiger partial charge on any atom is -0.465 e. The van der Waals surface area contributed by atoms with Crippen LogP contribution in [0.15, 0.2) is 0 Å². The molecule has 0 aromatic rings. The van der Waals surface area contributed by atoms with E-state index < -0.39 is 6.09 Å². The van der Waals surface area contributed by atoms with Crippen molar-refractivity contribution < 1.29 is 15.0 Å². The number of hydrogen-bond donors (Lipinski definition) is 3. The second-order valence-electron chi connectivity index (χ2n) is 5.15. The molecule has 2 atom stereocenters. The first-order valence-electron chi connectivity index (χ1n) is 5.19. The number of carbonyl (C=O) groups is 1. The quantitative estimate of drug-likeness (QED) is 0.591. The molecule has 88 valence electrons. The molecule has 0 aromatic heterocycles. The fourth-order valence-electron chi connectivity index (χ4n) is 1.74. The number of amides is 1. The number of rotatable bonds is 1. The van der Waals surface area contributed by atoms with Gasteiger partial charge in [0.2, 0.25) is 0 Å². The zero-order valence-electron chi connectivity index (χ0n) is 9.53. The van der Waals surface area contributed by atoms with Gasteiger partial charge in [-0.2, -0.15) is 0 Å². The van der Waals surface area contributed by atoms with Gasteiger partial charge in [0.05, 0.1) is 6.61 Å². The van der Waals surface area contributed by atoms with Crippen LogP contribution in [-0.2, 0) is 0 Å². The minimum atomic E-state index is -0.913. The van der Waals surface area contributed by atoms with Gasteiger partial charge in [0, 0.05) is 25.2 Å². The van der Waals surface area contributed by atoms with E-state index in [0.717, 1.165) is 0 Å². The van der Waals surface area contributed by atoms with E-state index in [-0.39, 0.29) is 24.1 Å². The molecule has 1 aliphatic heterocycles. The number of nitrogens with one attached hydrogen (secondary N) is 1. The monoisotopic (exact) mass is 216 g/mol. The number of hydrogen-bond acceptors (Lipinski definition) is 3. The lowest BCUT2D eigenvalue weighted by Gasteiger charge is -2.42. The van der Waals surface area contributed by atoms with Gasteiger partial charge in [-0.15, -0.1) is 0 Å². The number of aliphatic hydroxyl groups excluding tert-OH is 1. The maximum Gasteiger partial charge on any atom is 0.407 e. The van der Waals surface area contributed by atoms with E-state index in [1.807, 2.05) is 0 Å². The first-order valence-corrected chi connectivity index (χ1v) is 5.19. The molecule has 0 spiro atoms. The molecule has 15 heavy (non-hydrogen) atoms. The van der Waals surface area contributed by atoms with E-state index in [4.69, 9.17) is 10.2 Å². The van der Waals surface area contributed by atoms with Crippen LogP contribution in [0.3, 0.4) is 0 Å². The molecule has 5 nitrogen and oxygen atoms in total. The average Bonchev–Trinajstić information content (AvgIpc) is 2.15. The van der Waals surface area contributed by atoms with Crippen molar-refractivity contribution in [1.82, 2.24) is 10.2 Å². The Morgan fingerprint density at radius 3 is 2.47 bits per heavy atom. The van der Waals surface area contributed by atoms with E-state index >= 15 is 0 Å². The summed E-state index contributed by atoms with van der Waals surface area (Å²) in [5.74, 6) is 0. The molecule has 0 aromatic carbocycles. The summed E-state index contributed by atoms with van der Waals surface area (Å²) in [4.78, 5) is 12.3. The summed E-state index contributed by atoms with van der Waals surface area (Å²) < 4.78 is 0. The maximum atomic E-state index is 10.9. The third-order valence-corrected chi connectivity index (χ3v) is 2.82. The van der Waals surface area contributed by atoms with Crippen LogP contribution in [-0.4, -0.2) is 53.0 Å². The summed E-state index contributed by atoms with van der Waals surface area (Å²) in [7, 11) is 0. The molecule has 5 heteroatoms. The Balaban J connectivity index is 2.71. The lowest BCUT2D eigenvalue weighted by Crippen LogP contribution is -2.62. The SMILES string of the molecule is CC(C)(C)C1CN(C(=O)O)CC(CO)N1. The van der Waals surface area contributed by atoms with Crippen LogP contribution < -0.4 is 5.32 Å². The Labute approximate surface area is 90.1 Å². The van der Waals surface area contributed by atoms with Gasteiger partial charge in [0.15, 0.2) is 0 Å². The highest BCUT2D eigenvalue weighted by Crippen LogP contribution is 2.23. The van der Waals surface area contributed by atoms with Gasteiger partial charge in [0.25, 0.3) is 0 Å². The fraction of sp³-hybridized carbons (Fsp3) is 0.900.